The fourth-order valence-corrected chi connectivity index (χ4v) is 2.14. The van der Waals surface area contributed by atoms with Gasteiger partial charge in [-0.15, -0.1) is 0 Å². The molecule has 1 heteroatoms. The van der Waals surface area contributed by atoms with E-state index in [9.17, 15) is 0 Å². The SMILES string of the molecule is CC1CC1C(N)CCc1ccccc1. The van der Waals surface area contributed by atoms with Crippen LogP contribution in [0.15, 0.2) is 30.3 Å². The van der Waals surface area contributed by atoms with Crippen LogP contribution in [0.1, 0.15) is 25.3 Å². The third-order valence-corrected chi connectivity index (χ3v) is 3.33. The standard InChI is InChI=1S/C13H19N/c1-10-9-12(10)13(14)8-7-11-5-3-2-4-6-11/h2-6,10,12-13H,7-9,14H2,1H3. The zero-order chi connectivity index (χ0) is 9.97. The van der Waals surface area contributed by atoms with Gasteiger partial charge in [0.05, 0.1) is 0 Å². The van der Waals surface area contributed by atoms with E-state index in [1.807, 2.05) is 0 Å². The van der Waals surface area contributed by atoms with E-state index in [1.54, 1.807) is 0 Å². The molecule has 14 heavy (non-hydrogen) atoms. The lowest BCUT2D eigenvalue weighted by Gasteiger charge is -2.10. The van der Waals surface area contributed by atoms with E-state index in [-0.39, 0.29) is 0 Å². The van der Waals surface area contributed by atoms with Crippen LogP contribution in [-0.2, 0) is 6.42 Å². The van der Waals surface area contributed by atoms with Crippen LogP contribution in [0.3, 0.4) is 0 Å². The number of rotatable bonds is 4. The number of benzene rings is 1. The van der Waals surface area contributed by atoms with Crippen molar-refractivity contribution >= 4 is 0 Å². The Kier molecular flexibility index (Phi) is 2.87. The topological polar surface area (TPSA) is 26.0 Å². The van der Waals surface area contributed by atoms with Crippen LogP contribution in [0.4, 0.5) is 0 Å². The van der Waals surface area contributed by atoms with E-state index < -0.39 is 0 Å². The minimum absolute atomic E-state index is 0.421. The lowest BCUT2D eigenvalue weighted by Crippen LogP contribution is -2.23. The summed E-state index contributed by atoms with van der Waals surface area (Å²) < 4.78 is 0. The van der Waals surface area contributed by atoms with Crippen molar-refractivity contribution in [2.45, 2.75) is 32.2 Å². The van der Waals surface area contributed by atoms with Crippen molar-refractivity contribution in [3.63, 3.8) is 0 Å². The quantitative estimate of drug-likeness (QED) is 0.774. The number of hydrogen-bond donors (Lipinski definition) is 1. The first kappa shape index (κ1) is 9.72. The van der Waals surface area contributed by atoms with E-state index in [2.05, 4.69) is 37.3 Å². The minimum atomic E-state index is 0.421. The Bertz CT molecular complexity index is 281. The van der Waals surface area contributed by atoms with Gasteiger partial charge in [-0.1, -0.05) is 37.3 Å². The second-order valence-corrected chi connectivity index (χ2v) is 4.56. The van der Waals surface area contributed by atoms with Gasteiger partial charge in [-0.2, -0.15) is 0 Å². The summed E-state index contributed by atoms with van der Waals surface area (Å²) in [6.07, 6.45) is 3.61. The molecule has 0 aromatic heterocycles. The third kappa shape index (κ3) is 2.36. The van der Waals surface area contributed by atoms with Crippen molar-refractivity contribution in [3.05, 3.63) is 35.9 Å². The van der Waals surface area contributed by atoms with Crippen molar-refractivity contribution in [2.75, 3.05) is 0 Å². The maximum absolute atomic E-state index is 6.12. The molecule has 1 saturated carbocycles. The third-order valence-electron chi connectivity index (χ3n) is 3.33. The molecule has 1 aromatic carbocycles. The second kappa shape index (κ2) is 4.14. The summed E-state index contributed by atoms with van der Waals surface area (Å²) in [5.41, 5.74) is 7.53. The van der Waals surface area contributed by atoms with Crippen LogP contribution in [0.2, 0.25) is 0 Å². The van der Waals surface area contributed by atoms with Gasteiger partial charge in [0.1, 0.15) is 0 Å². The summed E-state index contributed by atoms with van der Waals surface area (Å²) in [7, 11) is 0. The molecule has 1 aliphatic rings. The fourth-order valence-electron chi connectivity index (χ4n) is 2.14. The molecule has 0 bridgehead atoms. The van der Waals surface area contributed by atoms with Gasteiger partial charge in [0.2, 0.25) is 0 Å². The molecular formula is C13H19N. The van der Waals surface area contributed by atoms with Crippen LogP contribution < -0.4 is 5.73 Å². The molecule has 0 heterocycles. The van der Waals surface area contributed by atoms with Crippen molar-refractivity contribution in [1.82, 2.24) is 0 Å². The zero-order valence-electron chi connectivity index (χ0n) is 8.82. The van der Waals surface area contributed by atoms with E-state index in [4.69, 9.17) is 5.73 Å². The molecule has 3 unspecified atom stereocenters. The highest BCUT2D eigenvalue weighted by Gasteiger charge is 2.36. The molecule has 2 N–H and O–H groups in total. The van der Waals surface area contributed by atoms with Gasteiger partial charge in [-0.25, -0.2) is 0 Å². The molecule has 76 valence electrons. The normalized spacial score (nSPS) is 27.3. The van der Waals surface area contributed by atoms with Crippen LogP contribution >= 0.6 is 0 Å². The van der Waals surface area contributed by atoms with E-state index in [0.29, 0.717) is 6.04 Å². The Balaban J connectivity index is 1.77. The first-order valence-corrected chi connectivity index (χ1v) is 5.57. The summed E-state index contributed by atoms with van der Waals surface area (Å²) >= 11 is 0. The summed E-state index contributed by atoms with van der Waals surface area (Å²) in [6.45, 7) is 2.30. The molecule has 1 nitrogen and oxygen atoms in total. The number of aryl methyl sites for hydroxylation is 1. The minimum Gasteiger partial charge on any atom is -0.327 e. The molecule has 1 aliphatic carbocycles. The van der Waals surface area contributed by atoms with Gasteiger partial charge in [-0.3, -0.25) is 0 Å². The molecule has 1 fully saturated rings. The Morgan fingerprint density at radius 1 is 1.36 bits per heavy atom. The monoisotopic (exact) mass is 189 g/mol. The molecule has 0 aliphatic heterocycles. The molecule has 2 rings (SSSR count). The Morgan fingerprint density at radius 3 is 2.57 bits per heavy atom. The van der Waals surface area contributed by atoms with E-state index in [1.165, 1.54) is 12.0 Å². The first-order valence-electron chi connectivity index (χ1n) is 5.57. The number of nitrogens with two attached hydrogens (primary N) is 1. The van der Waals surface area contributed by atoms with Crippen LogP contribution in [0, 0.1) is 11.8 Å². The highest BCUT2D eigenvalue weighted by atomic mass is 14.7. The Hall–Kier alpha value is -0.820. The highest BCUT2D eigenvalue weighted by Crippen LogP contribution is 2.40. The molecule has 0 radical (unpaired) electrons. The lowest BCUT2D eigenvalue weighted by atomic mass is 10.0. The van der Waals surface area contributed by atoms with Gasteiger partial charge in [0.15, 0.2) is 0 Å². The number of hydrogen-bond acceptors (Lipinski definition) is 1. The van der Waals surface area contributed by atoms with Crippen molar-refractivity contribution < 1.29 is 0 Å². The zero-order valence-corrected chi connectivity index (χ0v) is 8.82. The summed E-state index contributed by atoms with van der Waals surface area (Å²) in [5.74, 6) is 1.68. The average molecular weight is 189 g/mol. The largest absolute Gasteiger partial charge is 0.327 e. The summed E-state index contributed by atoms with van der Waals surface area (Å²) in [6, 6.07) is 11.0. The van der Waals surface area contributed by atoms with Gasteiger partial charge in [0.25, 0.3) is 0 Å². The van der Waals surface area contributed by atoms with Crippen molar-refractivity contribution in [3.8, 4) is 0 Å². The van der Waals surface area contributed by atoms with Gasteiger partial charge < -0.3 is 5.73 Å². The molecule has 3 atom stereocenters. The average Bonchev–Trinajstić information content (AvgIpc) is 2.94. The predicted octanol–water partition coefficient (Wildman–Crippen LogP) is 2.60. The maximum atomic E-state index is 6.12. The molecule has 0 amide bonds. The summed E-state index contributed by atoms with van der Waals surface area (Å²) in [5, 5.41) is 0. The first-order chi connectivity index (χ1) is 6.77. The van der Waals surface area contributed by atoms with Crippen LogP contribution in [-0.4, -0.2) is 6.04 Å². The van der Waals surface area contributed by atoms with Crippen LogP contribution in [0.5, 0.6) is 0 Å². The van der Waals surface area contributed by atoms with Gasteiger partial charge in [-0.05, 0) is 36.7 Å². The van der Waals surface area contributed by atoms with Gasteiger partial charge in [0, 0.05) is 6.04 Å². The van der Waals surface area contributed by atoms with Crippen LogP contribution in [0.25, 0.3) is 0 Å². The lowest BCUT2D eigenvalue weighted by molar-refractivity contribution is 0.525. The molecule has 1 aromatic rings. The smallest absolute Gasteiger partial charge is 0.00729 e. The fraction of sp³-hybridized carbons (Fsp3) is 0.538. The van der Waals surface area contributed by atoms with Crippen molar-refractivity contribution in [2.24, 2.45) is 17.6 Å². The molecule has 0 spiro atoms. The molecular weight excluding hydrogens is 170 g/mol. The van der Waals surface area contributed by atoms with E-state index >= 15 is 0 Å². The molecule has 0 saturated heterocycles. The van der Waals surface area contributed by atoms with Crippen molar-refractivity contribution in [1.29, 1.82) is 0 Å². The second-order valence-electron chi connectivity index (χ2n) is 4.56. The van der Waals surface area contributed by atoms with Gasteiger partial charge >= 0.3 is 0 Å². The van der Waals surface area contributed by atoms with E-state index in [0.717, 1.165) is 24.7 Å². The predicted molar refractivity (Wildman–Crippen MR) is 60.0 cm³/mol. The summed E-state index contributed by atoms with van der Waals surface area (Å²) in [4.78, 5) is 0. The Morgan fingerprint density at radius 2 is 2.00 bits per heavy atom. The highest BCUT2D eigenvalue weighted by molar-refractivity contribution is 5.15. The Labute approximate surface area is 86.3 Å². The maximum Gasteiger partial charge on any atom is 0.00729 e.